The number of rotatable bonds is 1. The summed E-state index contributed by atoms with van der Waals surface area (Å²) in [6, 6.07) is 2.02. The van der Waals surface area contributed by atoms with Gasteiger partial charge in [0.15, 0.2) is 0 Å². The van der Waals surface area contributed by atoms with E-state index in [0.717, 1.165) is 31.4 Å². The number of piperidine rings is 1. The van der Waals surface area contributed by atoms with Crippen molar-refractivity contribution < 1.29 is 4.79 Å². The van der Waals surface area contributed by atoms with E-state index in [-0.39, 0.29) is 11.9 Å². The third kappa shape index (κ3) is 1.84. The van der Waals surface area contributed by atoms with Crippen LogP contribution in [0.2, 0.25) is 0 Å². The van der Waals surface area contributed by atoms with Crippen molar-refractivity contribution in [1.82, 2.24) is 19.5 Å². The predicted octanol–water partition coefficient (Wildman–Crippen LogP) is 0.293. The van der Waals surface area contributed by atoms with E-state index in [1.165, 1.54) is 6.33 Å². The summed E-state index contributed by atoms with van der Waals surface area (Å²) in [5.74, 6) is 0.0409. The number of carbonyl (C=O) groups excluding carboxylic acids is 1. The van der Waals surface area contributed by atoms with E-state index >= 15 is 0 Å². The maximum absolute atomic E-state index is 12.4. The van der Waals surface area contributed by atoms with Crippen molar-refractivity contribution in [3.05, 3.63) is 30.4 Å². The Hall–Kier alpha value is -1.95. The van der Waals surface area contributed by atoms with E-state index in [9.17, 15) is 4.79 Å². The number of aromatic nitrogens is 3. The molecular formula is C12H15N5O. The summed E-state index contributed by atoms with van der Waals surface area (Å²) in [6.07, 6.45) is 6.64. The molecule has 94 valence electrons. The quantitative estimate of drug-likeness (QED) is 0.783. The molecule has 0 radical (unpaired) electrons. The second-order valence-corrected chi connectivity index (χ2v) is 4.60. The average molecular weight is 245 g/mol. The lowest BCUT2D eigenvalue weighted by Crippen LogP contribution is -2.42. The SMILES string of the molecule is NC1CCN(C(=O)c2ccn3ncncc23)CC1. The van der Waals surface area contributed by atoms with Gasteiger partial charge in [0.2, 0.25) is 0 Å². The van der Waals surface area contributed by atoms with E-state index in [1.807, 2.05) is 4.90 Å². The second-order valence-electron chi connectivity index (χ2n) is 4.60. The zero-order valence-electron chi connectivity index (χ0n) is 9.99. The minimum atomic E-state index is 0.0409. The number of amides is 1. The van der Waals surface area contributed by atoms with Gasteiger partial charge in [-0.05, 0) is 18.9 Å². The summed E-state index contributed by atoms with van der Waals surface area (Å²) < 4.78 is 1.66. The zero-order valence-corrected chi connectivity index (χ0v) is 9.99. The Labute approximate surface area is 104 Å². The van der Waals surface area contributed by atoms with Crippen LogP contribution in [0, 0.1) is 0 Å². The highest BCUT2D eigenvalue weighted by molar-refractivity contribution is 6.00. The molecule has 0 unspecified atom stereocenters. The van der Waals surface area contributed by atoms with Gasteiger partial charge in [-0.3, -0.25) is 4.79 Å². The number of hydrogen-bond donors (Lipinski definition) is 1. The number of nitrogens with two attached hydrogens (primary N) is 1. The number of nitrogens with zero attached hydrogens (tertiary/aromatic N) is 4. The molecule has 1 aliphatic heterocycles. The topological polar surface area (TPSA) is 76.5 Å². The van der Waals surface area contributed by atoms with Crippen molar-refractivity contribution in [3.63, 3.8) is 0 Å². The van der Waals surface area contributed by atoms with Gasteiger partial charge in [0.05, 0.1) is 17.3 Å². The van der Waals surface area contributed by atoms with Gasteiger partial charge in [-0.15, -0.1) is 0 Å². The van der Waals surface area contributed by atoms with Gasteiger partial charge in [-0.25, -0.2) is 9.50 Å². The number of carbonyl (C=O) groups is 1. The summed E-state index contributed by atoms with van der Waals surface area (Å²) in [7, 11) is 0. The Morgan fingerprint density at radius 1 is 1.39 bits per heavy atom. The Bertz CT molecular complexity index is 571. The summed E-state index contributed by atoms with van der Waals surface area (Å²) in [5.41, 5.74) is 7.25. The second kappa shape index (κ2) is 4.38. The average Bonchev–Trinajstić information content (AvgIpc) is 2.82. The fourth-order valence-corrected chi connectivity index (χ4v) is 2.31. The third-order valence-corrected chi connectivity index (χ3v) is 3.40. The van der Waals surface area contributed by atoms with E-state index in [1.54, 1.807) is 23.0 Å². The van der Waals surface area contributed by atoms with Crippen LogP contribution in [0.4, 0.5) is 0 Å². The highest BCUT2D eigenvalue weighted by atomic mass is 16.2. The lowest BCUT2D eigenvalue weighted by atomic mass is 10.1. The van der Waals surface area contributed by atoms with Crippen LogP contribution < -0.4 is 5.73 Å². The molecule has 2 aromatic rings. The molecular weight excluding hydrogens is 230 g/mol. The summed E-state index contributed by atoms with van der Waals surface area (Å²) in [4.78, 5) is 18.2. The van der Waals surface area contributed by atoms with E-state index in [4.69, 9.17) is 5.73 Å². The standard InChI is InChI=1S/C12H15N5O/c13-9-1-4-16(5-2-9)12(18)10-3-6-17-11(10)7-14-8-15-17/h3,6-9H,1-2,4-5,13H2. The van der Waals surface area contributed by atoms with Crippen molar-refractivity contribution in [3.8, 4) is 0 Å². The summed E-state index contributed by atoms with van der Waals surface area (Å²) in [5, 5.41) is 4.06. The van der Waals surface area contributed by atoms with Crippen LogP contribution in [0.1, 0.15) is 23.2 Å². The molecule has 6 heteroatoms. The largest absolute Gasteiger partial charge is 0.338 e. The Kier molecular flexibility index (Phi) is 2.71. The zero-order chi connectivity index (χ0) is 12.5. The van der Waals surface area contributed by atoms with Crippen LogP contribution in [0.25, 0.3) is 5.52 Å². The fourth-order valence-electron chi connectivity index (χ4n) is 2.31. The Balaban J connectivity index is 1.88. The Morgan fingerprint density at radius 2 is 2.17 bits per heavy atom. The van der Waals surface area contributed by atoms with Crippen LogP contribution in [0.3, 0.4) is 0 Å². The van der Waals surface area contributed by atoms with E-state index < -0.39 is 0 Å². The van der Waals surface area contributed by atoms with Gasteiger partial charge in [0.25, 0.3) is 5.91 Å². The van der Waals surface area contributed by atoms with Gasteiger partial charge in [0.1, 0.15) is 6.33 Å². The van der Waals surface area contributed by atoms with E-state index in [2.05, 4.69) is 10.1 Å². The molecule has 1 amide bonds. The molecule has 0 bridgehead atoms. The van der Waals surface area contributed by atoms with Crippen molar-refractivity contribution in [2.45, 2.75) is 18.9 Å². The van der Waals surface area contributed by atoms with Crippen molar-refractivity contribution in [2.24, 2.45) is 5.73 Å². The van der Waals surface area contributed by atoms with Crippen LogP contribution in [0.5, 0.6) is 0 Å². The highest BCUT2D eigenvalue weighted by Gasteiger charge is 2.23. The number of likely N-dealkylation sites (tertiary alicyclic amines) is 1. The van der Waals surface area contributed by atoms with Crippen molar-refractivity contribution in [2.75, 3.05) is 13.1 Å². The van der Waals surface area contributed by atoms with Gasteiger partial charge >= 0.3 is 0 Å². The van der Waals surface area contributed by atoms with Gasteiger partial charge in [-0.2, -0.15) is 5.10 Å². The molecule has 3 rings (SSSR count). The molecule has 6 nitrogen and oxygen atoms in total. The molecule has 0 atom stereocenters. The predicted molar refractivity (Wildman–Crippen MR) is 66.1 cm³/mol. The fraction of sp³-hybridized carbons (Fsp3) is 0.417. The molecule has 0 saturated carbocycles. The smallest absolute Gasteiger partial charge is 0.256 e. The minimum Gasteiger partial charge on any atom is -0.338 e. The minimum absolute atomic E-state index is 0.0409. The first-order valence-electron chi connectivity index (χ1n) is 6.08. The molecule has 1 saturated heterocycles. The molecule has 3 heterocycles. The normalized spacial score (nSPS) is 17.3. The van der Waals surface area contributed by atoms with Gasteiger partial charge in [0, 0.05) is 25.3 Å². The maximum atomic E-state index is 12.4. The molecule has 0 aliphatic carbocycles. The number of hydrogen-bond acceptors (Lipinski definition) is 4. The highest BCUT2D eigenvalue weighted by Crippen LogP contribution is 2.16. The van der Waals surface area contributed by atoms with Gasteiger partial charge < -0.3 is 10.6 Å². The van der Waals surface area contributed by atoms with Crippen LogP contribution in [0.15, 0.2) is 24.8 Å². The first-order chi connectivity index (χ1) is 8.75. The van der Waals surface area contributed by atoms with Crippen LogP contribution >= 0.6 is 0 Å². The molecule has 1 fully saturated rings. The summed E-state index contributed by atoms with van der Waals surface area (Å²) >= 11 is 0. The molecule has 2 aromatic heterocycles. The van der Waals surface area contributed by atoms with E-state index in [0.29, 0.717) is 5.56 Å². The van der Waals surface area contributed by atoms with Crippen molar-refractivity contribution >= 4 is 11.4 Å². The first kappa shape index (κ1) is 11.2. The lowest BCUT2D eigenvalue weighted by molar-refractivity contribution is 0.0717. The molecule has 18 heavy (non-hydrogen) atoms. The monoisotopic (exact) mass is 245 g/mol. The summed E-state index contributed by atoms with van der Waals surface area (Å²) in [6.45, 7) is 1.45. The Morgan fingerprint density at radius 3 is 2.94 bits per heavy atom. The van der Waals surface area contributed by atoms with Crippen LogP contribution in [-0.2, 0) is 0 Å². The van der Waals surface area contributed by atoms with Gasteiger partial charge in [-0.1, -0.05) is 0 Å². The molecule has 0 spiro atoms. The van der Waals surface area contributed by atoms with Crippen LogP contribution in [-0.4, -0.2) is 44.5 Å². The molecule has 1 aliphatic rings. The third-order valence-electron chi connectivity index (χ3n) is 3.40. The molecule has 2 N–H and O–H groups in total. The first-order valence-corrected chi connectivity index (χ1v) is 6.08. The number of fused-ring (bicyclic) bond motifs is 1. The molecule has 0 aromatic carbocycles. The van der Waals surface area contributed by atoms with Crippen molar-refractivity contribution in [1.29, 1.82) is 0 Å². The lowest BCUT2D eigenvalue weighted by Gasteiger charge is -2.30. The maximum Gasteiger partial charge on any atom is 0.256 e.